The number of halogens is 1. The van der Waals surface area contributed by atoms with Crippen LogP contribution in [0.2, 0.25) is 0 Å². The van der Waals surface area contributed by atoms with Crippen LogP contribution in [0.1, 0.15) is 24.8 Å². The predicted octanol–water partition coefficient (Wildman–Crippen LogP) is 6.64. The number of nitrogens with one attached hydrogen (secondary N) is 2. The summed E-state index contributed by atoms with van der Waals surface area (Å²) in [6.07, 6.45) is 5.89. The van der Waals surface area contributed by atoms with Crippen molar-refractivity contribution in [2.75, 3.05) is 29.2 Å². The van der Waals surface area contributed by atoms with E-state index in [9.17, 15) is 4.79 Å². The first-order valence-corrected chi connectivity index (χ1v) is 14.9. The number of hydrogen-bond donors (Lipinski definition) is 2. The molecule has 2 aromatic heterocycles. The van der Waals surface area contributed by atoms with E-state index in [1.54, 1.807) is 11.7 Å². The highest BCUT2D eigenvalue weighted by Crippen LogP contribution is 2.36. The van der Waals surface area contributed by atoms with Crippen molar-refractivity contribution in [3.8, 4) is 33.9 Å². The Bertz CT molecular complexity index is 1760. The molecule has 0 bridgehead atoms. The van der Waals surface area contributed by atoms with Gasteiger partial charge in [0.25, 0.3) is 0 Å². The maximum Gasteiger partial charge on any atom is 0.239 e. The lowest BCUT2D eigenvalue weighted by atomic mass is 10.0. The van der Waals surface area contributed by atoms with Gasteiger partial charge in [-0.15, -0.1) is 15.6 Å². The third-order valence-electron chi connectivity index (χ3n) is 7.68. The van der Waals surface area contributed by atoms with Crippen LogP contribution in [0.15, 0.2) is 79.0 Å². The molecule has 3 aliphatic heterocycles. The van der Waals surface area contributed by atoms with Crippen LogP contribution in [0.25, 0.3) is 39.4 Å². The van der Waals surface area contributed by atoms with Crippen molar-refractivity contribution in [2.24, 2.45) is 0 Å². The largest absolute Gasteiger partial charge is 0.325 e. The first-order valence-electron chi connectivity index (χ1n) is 13.6. The highest BCUT2D eigenvalue weighted by Gasteiger charge is 2.30. The smallest absolute Gasteiger partial charge is 0.239 e. The van der Waals surface area contributed by atoms with E-state index >= 15 is 0 Å². The number of aromatic amines is 1. The van der Waals surface area contributed by atoms with Crippen LogP contribution in [0, 0.1) is 6.92 Å². The molecule has 0 atom stereocenters. The number of H-pyrrole nitrogens is 1. The highest BCUT2D eigenvalue weighted by molar-refractivity contribution is 6.96. The second-order valence-electron chi connectivity index (χ2n) is 10.4. The summed E-state index contributed by atoms with van der Waals surface area (Å²) in [6, 6.07) is 25.4. The molecule has 0 unspecified atom stereocenters. The number of carbonyl (C=O) groups excluding carboxylic acids is 1. The van der Waals surface area contributed by atoms with Crippen molar-refractivity contribution in [3.63, 3.8) is 0 Å². The molecule has 40 heavy (non-hydrogen) atoms. The normalized spacial score (nSPS) is 13.9. The number of hydrogen-bond acceptors (Lipinski definition) is 3. The lowest BCUT2D eigenvalue weighted by molar-refractivity contribution is -0.505. The molecule has 0 saturated carbocycles. The quantitative estimate of drug-likeness (QED) is 0.174. The number of benzene rings is 2. The van der Waals surface area contributed by atoms with Crippen LogP contribution in [0.5, 0.6) is 0 Å². The van der Waals surface area contributed by atoms with Gasteiger partial charge in [-0.25, -0.2) is 4.68 Å². The molecule has 0 spiro atoms. The van der Waals surface area contributed by atoms with Gasteiger partial charge in [0.1, 0.15) is 17.1 Å². The van der Waals surface area contributed by atoms with Crippen molar-refractivity contribution < 1.29 is 8.75 Å². The summed E-state index contributed by atoms with van der Waals surface area (Å²) < 4.78 is 6.75. The SMILES string of the molecule is Cc1ccc(-c2cn(-c3ccc4c(-c5ccc(NC(=O)CCl)cc5)c5ccc(N6CCCCC6)[n+]-5sn34)[nH]2)cc1. The fourth-order valence-corrected chi connectivity index (χ4v) is 6.78. The lowest BCUT2D eigenvalue weighted by Gasteiger charge is -2.23. The van der Waals surface area contributed by atoms with Crippen molar-refractivity contribution in [1.82, 2.24) is 13.6 Å². The van der Waals surface area contributed by atoms with Crippen LogP contribution >= 0.6 is 23.3 Å². The van der Waals surface area contributed by atoms with Gasteiger partial charge in [-0.05, 0) is 56.0 Å². The Labute approximate surface area is 241 Å². The van der Waals surface area contributed by atoms with Crippen LogP contribution in [-0.4, -0.2) is 38.4 Å². The lowest BCUT2D eigenvalue weighted by Crippen LogP contribution is -2.40. The van der Waals surface area contributed by atoms with Gasteiger partial charge in [0.2, 0.25) is 17.5 Å². The maximum atomic E-state index is 11.8. The number of aryl methyl sites for hydroxylation is 1. The molecule has 202 valence electrons. The molecule has 2 aromatic carbocycles. The Hall–Kier alpha value is -4.01. The standard InChI is InChI=1S/C31H29ClN6OS/c1-21-5-7-22(8-6-21)25-20-36(34-25)30-16-14-27-31(23-9-11-24(12-10-23)33-28(39)19-32)26-13-15-29(37(26)40-38(27)30)35-17-3-2-4-18-35/h5-16,20,34H,2-4,17-19H2,1H3/p+1. The van der Waals surface area contributed by atoms with Crippen molar-refractivity contribution in [3.05, 3.63) is 84.6 Å². The number of carbonyl (C=O) groups is 1. The van der Waals surface area contributed by atoms with E-state index in [0.29, 0.717) is 0 Å². The molecule has 5 heterocycles. The Morgan fingerprint density at radius 1 is 0.950 bits per heavy atom. The Kier molecular flexibility index (Phi) is 6.37. The molecule has 2 N–H and O–H groups in total. The number of nitrogens with zero attached hydrogens (tertiary/aromatic N) is 4. The number of alkyl halides is 1. The van der Waals surface area contributed by atoms with Gasteiger partial charge in [0.15, 0.2) is 11.7 Å². The molecule has 1 amide bonds. The van der Waals surface area contributed by atoms with E-state index in [0.717, 1.165) is 46.9 Å². The van der Waals surface area contributed by atoms with Crippen molar-refractivity contribution in [2.45, 2.75) is 26.2 Å². The zero-order valence-electron chi connectivity index (χ0n) is 22.2. The molecule has 0 aliphatic carbocycles. The molecule has 4 aromatic rings. The van der Waals surface area contributed by atoms with Crippen molar-refractivity contribution in [1.29, 1.82) is 0 Å². The minimum atomic E-state index is -0.213. The Morgan fingerprint density at radius 2 is 1.68 bits per heavy atom. The van der Waals surface area contributed by atoms with Gasteiger partial charge in [0.05, 0.1) is 30.5 Å². The summed E-state index contributed by atoms with van der Waals surface area (Å²) in [5, 5.41) is 6.37. The zero-order chi connectivity index (χ0) is 27.2. The summed E-state index contributed by atoms with van der Waals surface area (Å²) >= 11 is 7.41. The highest BCUT2D eigenvalue weighted by atomic mass is 35.5. The summed E-state index contributed by atoms with van der Waals surface area (Å²) in [7, 11) is 0. The van der Waals surface area contributed by atoms with E-state index in [2.05, 4.69) is 102 Å². The summed E-state index contributed by atoms with van der Waals surface area (Å²) in [5.74, 6) is 2.02. The van der Waals surface area contributed by atoms with E-state index in [-0.39, 0.29) is 11.8 Å². The van der Waals surface area contributed by atoms with Gasteiger partial charge >= 0.3 is 0 Å². The second-order valence-corrected chi connectivity index (χ2v) is 11.6. The molecule has 1 saturated heterocycles. The summed E-state index contributed by atoms with van der Waals surface area (Å²) in [5.41, 5.74) is 8.82. The van der Waals surface area contributed by atoms with E-state index < -0.39 is 0 Å². The first kappa shape index (κ1) is 25.0. The molecular formula is C31H30ClN6OS+. The number of rotatable bonds is 6. The Morgan fingerprint density at radius 3 is 2.40 bits per heavy atom. The third-order valence-corrected chi connectivity index (χ3v) is 9.01. The number of aromatic nitrogens is 4. The van der Waals surface area contributed by atoms with Crippen LogP contribution < -0.4 is 14.2 Å². The molecule has 7 nitrogen and oxygen atoms in total. The minimum Gasteiger partial charge on any atom is -0.325 e. The maximum absolute atomic E-state index is 11.8. The van der Waals surface area contributed by atoms with Gasteiger partial charge in [-0.1, -0.05) is 42.0 Å². The topological polar surface area (TPSA) is 61.4 Å². The molecule has 9 heteroatoms. The Balaban J connectivity index is 1.35. The summed E-state index contributed by atoms with van der Waals surface area (Å²) in [6.45, 7) is 4.26. The van der Waals surface area contributed by atoms with E-state index in [1.165, 1.54) is 41.9 Å². The fourth-order valence-electron chi connectivity index (χ4n) is 5.57. The molecular weight excluding hydrogens is 540 g/mol. The van der Waals surface area contributed by atoms with Gasteiger partial charge in [0, 0.05) is 23.4 Å². The number of piperidine rings is 1. The van der Waals surface area contributed by atoms with E-state index in [4.69, 9.17) is 11.6 Å². The average molecular weight is 570 g/mol. The zero-order valence-corrected chi connectivity index (χ0v) is 23.8. The van der Waals surface area contributed by atoms with E-state index in [1.807, 2.05) is 12.1 Å². The van der Waals surface area contributed by atoms with Crippen LogP contribution in [0.4, 0.5) is 11.5 Å². The fraction of sp³-hybridized carbons (Fsp3) is 0.226. The van der Waals surface area contributed by atoms with Gasteiger partial charge < -0.3 is 5.32 Å². The van der Waals surface area contributed by atoms with Crippen molar-refractivity contribution >= 4 is 46.3 Å². The average Bonchev–Trinajstić information content (AvgIpc) is 3.57. The first-order chi connectivity index (χ1) is 19.6. The molecule has 3 aliphatic rings. The van der Waals surface area contributed by atoms with Crippen LogP contribution in [-0.2, 0) is 4.79 Å². The molecule has 1 fully saturated rings. The van der Waals surface area contributed by atoms with Gasteiger partial charge in [-0.3, -0.25) is 14.8 Å². The second kappa shape index (κ2) is 10.2. The third kappa shape index (κ3) is 4.37. The molecule has 7 rings (SSSR count). The van der Waals surface area contributed by atoms with Crippen LogP contribution in [0.3, 0.4) is 0 Å². The number of anilines is 2. The molecule has 0 radical (unpaired) electrons. The summed E-state index contributed by atoms with van der Waals surface area (Å²) in [4.78, 5) is 14.3. The monoisotopic (exact) mass is 569 g/mol. The number of fused-ring (bicyclic) bond motifs is 2. The predicted molar refractivity (Wildman–Crippen MR) is 163 cm³/mol. The minimum absolute atomic E-state index is 0.0654. The number of amides is 1. The van der Waals surface area contributed by atoms with Gasteiger partial charge in [-0.2, -0.15) is 3.79 Å².